The Morgan fingerprint density at radius 2 is 1.62 bits per heavy atom. The van der Waals surface area contributed by atoms with Gasteiger partial charge in [-0.15, -0.1) is 0 Å². The zero-order valence-electron chi connectivity index (χ0n) is 14.4. The minimum atomic E-state index is -1.13. The maximum absolute atomic E-state index is 11.9. The van der Waals surface area contributed by atoms with Gasteiger partial charge in [-0.05, 0) is 30.4 Å². The fraction of sp³-hybridized carbons (Fsp3) is 0.500. The lowest BCUT2D eigenvalue weighted by Gasteiger charge is -2.25. The van der Waals surface area contributed by atoms with Crippen molar-refractivity contribution in [3.05, 3.63) is 35.9 Å². The van der Waals surface area contributed by atoms with Crippen molar-refractivity contribution < 1.29 is 19.5 Å². The van der Waals surface area contributed by atoms with Gasteiger partial charge in [0.15, 0.2) is 0 Å². The van der Waals surface area contributed by atoms with E-state index in [-0.39, 0.29) is 12.3 Å². The first-order valence-electron chi connectivity index (χ1n) is 8.16. The second kappa shape index (κ2) is 9.70. The summed E-state index contributed by atoms with van der Waals surface area (Å²) >= 11 is 0. The SMILES string of the molecule is CC(C)CCC(C(=O)[O-])C(C)CC(=O)NNC(=O)c1ccccc1. The summed E-state index contributed by atoms with van der Waals surface area (Å²) in [5.74, 6) is -2.65. The largest absolute Gasteiger partial charge is 0.550 e. The van der Waals surface area contributed by atoms with Crippen molar-refractivity contribution in [1.29, 1.82) is 0 Å². The average Bonchev–Trinajstić information content (AvgIpc) is 2.52. The predicted molar refractivity (Wildman–Crippen MR) is 88.4 cm³/mol. The molecule has 0 aliphatic rings. The molecule has 132 valence electrons. The molecule has 0 saturated carbocycles. The minimum absolute atomic E-state index is 0.00577. The third-order valence-electron chi connectivity index (χ3n) is 3.90. The first-order chi connectivity index (χ1) is 11.3. The van der Waals surface area contributed by atoms with Gasteiger partial charge in [-0.3, -0.25) is 20.4 Å². The molecule has 2 amide bonds. The van der Waals surface area contributed by atoms with E-state index in [2.05, 4.69) is 10.9 Å². The van der Waals surface area contributed by atoms with Gasteiger partial charge in [0.2, 0.25) is 5.91 Å². The summed E-state index contributed by atoms with van der Waals surface area (Å²) in [5, 5.41) is 11.3. The van der Waals surface area contributed by atoms with Crippen LogP contribution < -0.4 is 16.0 Å². The van der Waals surface area contributed by atoms with Crippen LogP contribution in [0.2, 0.25) is 0 Å². The minimum Gasteiger partial charge on any atom is -0.550 e. The summed E-state index contributed by atoms with van der Waals surface area (Å²) in [4.78, 5) is 35.0. The number of benzene rings is 1. The number of nitrogens with one attached hydrogen (secondary N) is 2. The van der Waals surface area contributed by atoms with E-state index in [0.717, 1.165) is 6.42 Å². The van der Waals surface area contributed by atoms with Crippen LogP contribution in [-0.2, 0) is 9.59 Å². The van der Waals surface area contributed by atoms with Gasteiger partial charge in [-0.25, -0.2) is 0 Å². The van der Waals surface area contributed by atoms with Gasteiger partial charge in [-0.2, -0.15) is 0 Å². The van der Waals surface area contributed by atoms with Crippen LogP contribution in [0.5, 0.6) is 0 Å². The lowest BCUT2D eigenvalue weighted by Crippen LogP contribution is -2.43. The molecule has 1 aromatic carbocycles. The summed E-state index contributed by atoms with van der Waals surface area (Å²) in [7, 11) is 0. The number of carboxylic acids is 1. The van der Waals surface area contributed by atoms with Gasteiger partial charge >= 0.3 is 0 Å². The van der Waals surface area contributed by atoms with E-state index in [0.29, 0.717) is 17.9 Å². The summed E-state index contributed by atoms with van der Waals surface area (Å²) in [6, 6.07) is 8.48. The number of carbonyl (C=O) groups is 3. The fourth-order valence-corrected chi connectivity index (χ4v) is 2.42. The molecule has 6 nitrogen and oxygen atoms in total. The fourth-order valence-electron chi connectivity index (χ4n) is 2.42. The lowest BCUT2D eigenvalue weighted by molar-refractivity contribution is -0.313. The number of carboxylic acid groups (broad SMARTS) is 1. The summed E-state index contributed by atoms with van der Waals surface area (Å²) < 4.78 is 0. The Labute approximate surface area is 142 Å². The van der Waals surface area contributed by atoms with Crippen LogP contribution in [0, 0.1) is 17.8 Å². The predicted octanol–water partition coefficient (Wildman–Crippen LogP) is 1.28. The number of hydrazine groups is 1. The number of amides is 2. The molecular weight excluding hydrogens is 308 g/mol. The Balaban J connectivity index is 2.47. The van der Waals surface area contributed by atoms with E-state index >= 15 is 0 Å². The quantitative estimate of drug-likeness (QED) is 0.700. The van der Waals surface area contributed by atoms with Crippen molar-refractivity contribution in [1.82, 2.24) is 10.9 Å². The second-order valence-corrected chi connectivity index (χ2v) is 6.45. The normalized spacial score (nSPS) is 13.2. The highest BCUT2D eigenvalue weighted by Gasteiger charge is 2.21. The molecule has 0 bridgehead atoms. The number of hydrogen-bond acceptors (Lipinski definition) is 4. The second-order valence-electron chi connectivity index (χ2n) is 6.45. The highest BCUT2D eigenvalue weighted by atomic mass is 16.4. The lowest BCUT2D eigenvalue weighted by atomic mass is 9.85. The average molecular weight is 333 g/mol. The van der Waals surface area contributed by atoms with Gasteiger partial charge in [0.25, 0.3) is 5.91 Å². The summed E-state index contributed by atoms with van der Waals surface area (Å²) in [5.41, 5.74) is 5.07. The molecule has 0 aromatic heterocycles. The monoisotopic (exact) mass is 333 g/mol. The molecule has 0 aliphatic heterocycles. The topological polar surface area (TPSA) is 98.3 Å². The van der Waals surface area contributed by atoms with Crippen molar-refractivity contribution in [2.75, 3.05) is 0 Å². The third kappa shape index (κ3) is 6.81. The van der Waals surface area contributed by atoms with Crippen LogP contribution in [0.15, 0.2) is 30.3 Å². The Kier molecular flexibility index (Phi) is 7.95. The number of rotatable bonds is 8. The van der Waals surface area contributed by atoms with E-state index in [1.54, 1.807) is 37.3 Å². The first-order valence-corrected chi connectivity index (χ1v) is 8.16. The van der Waals surface area contributed by atoms with E-state index in [4.69, 9.17) is 0 Å². The molecule has 1 rings (SSSR count). The molecular formula is C18H25N2O4-. The molecule has 2 atom stereocenters. The van der Waals surface area contributed by atoms with Crippen LogP contribution in [0.1, 0.15) is 50.4 Å². The molecule has 0 fully saturated rings. The number of carbonyl (C=O) groups excluding carboxylic acids is 3. The molecule has 0 saturated heterocycles. The Bertz CT molecular complexity index is 557. The van der Waals surface area contributed by atoms with Crippen molar-refractivity contribution in [3.63, 3.8) is 0 Å². The highest BCUT2D eigenvalue weighted by molar-refractivity contribution is 5.95. The molecule has 0 radical (unpaired) electrons. The van der Waals surface area contributed by atoms with Crippen LogP contribution in [-0.4, -0.2) is 17.8 Å². The van der Waals surface area contributed by atoms with Gasteiger partial charge < -0.3 is 9.90 Å². The van der Waals surface area contributed by atoms with Crippen molar-refractivity contribution in [2.45, 2.75) is 40.0 Å². The summed E-state index contributed by atoms with van der Waals surface area (Å²) in [6.07, 6.45) is 1.24. The summed E-state index contributed by atoms with van der Waals surface area (Å²) in [6.45, 7) is 5.74. The van der Waals surface area contributed by atoms with Gasteiger partial charge in [0.05, 0.1) is 0 Å². The Hall–Kier alpha value is -2.37. The van der Waals surface area contributed by atoms with E-state index in [9.17, 15) is 19.5 Å². The molecule has 0 spiro atoms. The molecule has 0 heterocycles. The zero-order chi connectivity index (χ0) is 18.1. The van der Waals surface area contributed by atoms with E-state index < -0.39 is 23.7 Å². The Morgan fingerprint density at radius 3 is 2.17 bits per heavy atom. The smallest absolute Gasteiger partial charge is 0.269 e. The van der Waals surface area contributed by atoms with Gasteiger partial charge in [-0.1, -0.05) is 45.4 Å². The van der Waals surface area contributed by atoms with Crippen LogP contribution in [0.4, 0.5) is 0 Å². The molecule has 2 unspecified atom stereocenters. The van der Waals surface area contributed by atoms with Crippen LogP contribution in [0.3, 0.4) is 0 Å². The maximum Gasteiger partial charge on any atom is 0.269 e. The number of hydrogen-bond donors (Lipinski definition) is 2. The van der Waals surface area contributed by atoms with Gasteiger partial charge in [0, 0.05) is 23.9 Å². The van der Waals surface area contributed by atoms with Crippen molar-refractivity contribution in [2.24, 2.45) is 17.8 Å². The van der Waals surface area contributed by atoms with Crippen molar-refractivity contribution in [3.8, 4) is 0 Å². The van der Waals surface area contributed by atoms with E-state index in [1.165, 1.54) is 0 Å². The maximum atomic E-state index is 11.9. The first kappa shape index (κ1) is 19.7. The van der Waals surface area contributed by atoms with Gasteiger partial charge in [0.1, 0.15) is 0 Å². The Morgan fingerprint density at radius 1 is 1.00 bits per heavy atom. The van der Waals surface area contributed by atoms with Crippen LogP contribution in [0.25, 0.3) is 0 Å². The molecule has 2 N–H and O–H groups in total. The zero-order valence-corrected chi connectivity index (χ0v) is 14.4. The molecule has 6 heteroatoms. The standard InChI is InChI=1S/C18H26N2O4/c1-12(2)9-10-15(18(23)24)13(3)11-16(21)19-20-17(22)14-7-5-4-6-8-14/h4-8,12-13,15H,9-11H2,1-3H3,(H,19,21)(H,20,22)(H,23,24)/p-1. The third-order valence-corrected chi connectivity index (χ3v) is 3.90. The van der Waals surface area contributed by atoms with E-state index in [1.807, 2.05) is 13.8 Å². The number of aliphatic carboxylic acids is 1. The molecule has 1 aromatic rings. The molecule has 0 aliphatic carbocycles. The molecule has 24 heavy (non-hydrogen) atoms. The highest BCUT2D eigenvalue weighted by Crippen LogP contribution is 2.22. The van der Waals surface area contributed by atoms with Crippen molar-refractivity contribution >= 4 is 17.8 Å². The van der Waals surface area contributed by atoms with Crippen LogP contribution >= 0.6 is 0 Å².